The van der Waals surface area contributed by atoms with E-state index in [1.807, 2.05) is 0 Å². The van der Waals surface area contributed by atoms with Crippen LogP contribution in [0.2, 0.25) is 0 Å². The molecule has 0 fully saturated rings. The average Bonchev–Trinajstić information content (AvgIpc) is 2.55. The molecule has 2 rings (SSSR count). The summed E-state index contributed by atoms with van der Waals surface area (Å²) in [6.07, 6.45) is 5.58. The first-order valence-electron chi connectivity index (χ1n) is 6.71. The molecule has 0 atom stereocenters. The summed E-state index contributed by atoms with van der Waals surface area (Å²) in [4.78, 5) is 23.6. The minimum Gasteiger partial charge on any atom is -0.493 e. The maximum absolute atomic E-state index is 13.2. The average molecular weight is 314 g/mol. The first kappa shape index (κ1) is 16.3. The van der Waals surface area contributed by atoms with Gasteiger partial charge in [0.05, 0.1) is 24.3 Å². The first-order chi connectivity index (χ1) is 11.1. The molecular formula is C16H15FN4O2. The van der Waals surface area contributed by atoms with Gasteiger partial charge in [0.25, 0.3) is 5.91 Å². The highest BCUT2D eigenvalue weighted by Crippen LogP contribution is 2.14. The molecule has 1 aromatic carbocycles. The maximum Gasteiger partial charge on any atom is 0.275 e. The number of ether oxygens (including phenoxy) is 1. The summed E-state index contributed by atoms with van der Waals surface area (Å²) in [6.45, 7) is 5.10. The van der Waals surface area contributed by atoms with Crippen LogP contribution in [0.3, 0.4) is 0 Å². The minimum absolute atomic E-state index is 0.152. The summed E-state index contributed by atoms with van der Waals surface area (Å²) in [5.41, 5.74) is 1.65. The van der Waals surface area contributed by atoms with Gasteiger partial charge in [-0.05, 0) is 37.4 Å². The van der Waals surface area contributed by atoms with Gasteiger partial charge in [0.1, 0.15) is 24.4 Å². The Hall–Kier alpha value is -3.09. The van der Waals surface area contributed by atoms with E-state index in [2.05, 4.69) is 27.0 Å². The lowest BCUT2D eigenvalue weighted by Gasteiger charge is -2.06. The van der Waals surface area contributed by atoms with E-state index in [9.17, 15) is 9.18 Å². The number of benzene rings is 1. The molecule has 0 spiro atoms. The normalized spacial score (nSPS) is 10.5. The van der Waals surface area contributed by atoms with Gasteiger partial charge in [0.15, 0.2) is 0 Å². The van der Waals surface area contributed by atoms with Crippen molar-refractivity contribution in [2.75, 3.05) is 5.32 Å². The van der Waals surface area contributed by atoms with Crippen LogP contribution < -0.4 is 5.32 Å². The number of halogens is 1. The number of hydrogen-bond acceptors (Lipinski definition) is 5. The lowest BCUT2D eigenvalue weighted by Crippen LogP contribution is -2.14. The van der Waals surface area contributed by atoms with Crippen molar-refractivity contribution in [2.24, 2.45) is 4.99 Å². The van der Waals surface area contributed by atoms with E-state index in [1.54, 1.807) is 13.0 Å². The second kappa shape index (κ2) is 7.79. The summed E-state index contributed by atoms with van der Waals surface area (Å²) < 4.78 is 18.3. The topological polar surface area (TPSA) is 76.5 Å². The van der Waals surface area contributed by atoms with Crippen LogP contribution in [0.1, 0.15) is 21.7 Å². The Balaban J connectivity index is 1.98. The molecule has 1 aromatic heterocycles. The zero-order chi connectivity index (χ0) is 16.7. The van der Waals surface area contributed by atoms with Gasteiger partial charge in [-0.1, -0.05) is 0 Å². The van der Waals surface area contributed by atoms with Crippen LogP contribution in [-0.4, -0.2) is 22.6 Å². The van der Waals surface area contributed by atoms with Crippen LogP contribution in [0.25, 0.3) is 0 Å². The van der Waals surface area contributed by atoms with Crippen molar-refractivity contribution < 1.29 is 13.9 Å². The fourth-order valence-electron chi connectivity index (χ4n) is 1.68. The van der Waals surface area contributed by atoms with Crippen LogP contribution in [0.4, 0.5) is 10.1 Å². The Morgan fingerprint density at radius 2 is 2.26 bits per heavy atom. The number of aliphatic imine (C=N–C) groups is 1. The summed E-state index contributed by atoms with van der Waals surface area (Å²) in [7, 11) is 0. The number of aryl methyl sites for hydroxylation is 1. The van der Waals surface area contributed by atoms with Gasteiger partial charge >= 0.3 is 0 Å². The lowest BCUT2D eigenvalue weighted by molar-refractivity contribution is 0.102. The third kappa shape index (κ3) is 4.70. The van der Waals surface area contributed by atoms with Crippen molar-refractivity contribution in [1.29, 1.82) is 0 Å². The zero-order valence-corrected chi connectivity index (χ0v) is 12.5. The van der Waals surface area contributed by atoms with E-state index in [4.69, 9.17) is 4.74 Å². The number of amides is 1. The Kier molecular flexibility index (Phi) is 5.51. The molecule has 6 nitrogen and oxygen atoms in total. The van der Waals surface area contributed by atoms with Crippen LogP contribution in [0.5, 0.6) is 0 Å². The Bertz CT molecular complexity index is 729. The summed E-state index contributed by atoms with van der Waals surface area (Å²) >= 11 is 0. The van der Waals surface area contributed by atoms with E-state index in [-0.39, 0.29) is 18.1 Å². The molecular weight excluding hydrogens is 299 g/mol. The van der Waals surface area contributed by atoms with Crippen molar-refractivity contribution in [1.82, 2.24) is 9.97 Å². The smallest absolute Gasteiger partial charge is 0.275 e. The van der Waals surface area contributed by atoms with Crippen LogP contribution in [0, 0.1) is 12.7 Å². The van der Waals surface area contributed by atoms with Gasteiger partial charge < -0.3 is 10.1 Å². The molecule has 0 saturated carbocycles. The molecule has 7 heteroatoms. The Morgan fingerprint density at radius 1 is 1.43 bits per heavy atom. The number of carbonyl (C=O) groups excluding carboxylic acids is 1. The van der Waals surface area contributed by atoms with E-state index >= 15 is 0 Å². The molecule has 1 N–H and O–H groups in total. The third-order valence-electron chi connectivity index (χ3n) is 2.85. The second-order valence-electron chi connectivity index (χ2n) is 4.59. The molecule has 0 radical (unpaired) electrons. The molecule has 2 aromatic rings. The quantitative estimate of drug-likeness (QED) is 0.657. The fourth-order valence-corrected chi connectivity index (χ4v) is 1.68. The molecule has 1 heterocycles. The number of anilines is 1. The van der Waals surface area contributed by atoms with Gasteiger partial charge in [-0.25, -0.2) is 9.37 Å². The third-order valence-corrected chi connectivity index (χ3v) is 2.85. The number of rotatable bonds is 6. The monoisotopic (exact) mass is 314 g/mol. The largest absolute Gasteiger partial charge is 0.493 e. The SMILES string of the molecule is C=N/C=C\OCc1cnc(C(=O)Nc2ccc(F)c(C)c2)cn1. The fraction of sp³-hybridized carbons (Fsp3) is 0.125. The summed E-state index contributed by atoms with van der Waals surface area (Å²) in [6, 6.07) is 4.32. The predicted octanol–water partition coefficient (Wildman–Crippen LogP) is 2.86. The van der Waals surface area contributed by atoms with E-state index in [1.165, 1.54) is 37.0 Å². The molecule has 1 amide bonds. The van der Waals surface area contributed by atoms with E-state index < -0.39 is 5.91 Å². The number of nitrogens with one attached hydrogen (secondary N) is 1. The number of aromatic nitrogens is 2. The van der Waals surface area contributed by atoms with Crippen LogP contribution >= 0.6 is 0 Å². The molecule has 0 saturated heterocycles. The van der Waals surface area contributed by atoms with Gasteiger partial charge in [-0.15, -0.1) is 0 Å². The van der Waals surface area contributed by atoms with Gasteiger partial charge in [0.2, 0.25) is 0 Å². The molecule has 118 valence electrons. The van der Waals surface area contributed by atoms with Crippen molar-refractivity contribution in [2.45, 2.75) is 13.5 Å². The summed E-state index contributed by atoms with van der Waals surface area (Å²) in [5.74, 6) is -0.750. The van der Waals surface area contributed by atoms with Crippen molar-refractivity contribution in [3.8, 4) is 0 Å². The molecule has 0 bridgehead atoms. The molecule has 0 aliphatic rings. The van der Waals surface area contributed by atoms with Gasteiger partial charge in [-0.2, -0.15) is 0 Å². The predicted molar refractivity (Wildman–Crippen MR) is 84.6 cm³/mol. The highest BCUT2D eigenvalue weighted by Gasteiger charge is 2.09. The van der Waals surface area contributed by atoms with Gasteiger partial charge in [-0.3, -0.25) is 14.8 Å². The molecule has 0 unspecified atom stereocenters. The minimum atomic E-state index is -0.424. The Morgan fingerprint density at radius 3 is 2.91 bits per heavy atom. The highest BCUT2D eigenvalue weighted by atomic mass is 19.1. The second-order valence-corrected chi connectivity index (χ2v) is 4.59. The summed E-state index contributed by atoms with van der Waals surface area (Å²) in [5, 5.41) is 2.64. The number of hydrogen-bond donors (Lipinski definition) is 1. The van der Waals surface area contributed by atoms with Gasteiger partial charge in [0, 0.05) is 5.69 Å². The zero-order valence-electron chi connectivity index (χ0n) is 12.5. The molecule has 23 heavy (non-hydrogen) atoms. The Labute approximate surface area is 132 Å². The van der Waals surface area contributed by atoms with Crippen molar-refractivity contribution in [3.05, 3.63) is 65.8 Å². The maximum atomic E-state index is 13.2. The standard InChI is InChI=1S/C16H15FN4O2/c1-11-7-12(3-4-14(11)17)21-16(22)15-9-19-13(8-20-15)10-23-6-5-18-2/h3-9H,2,10H2,1H3,(H,21,22)/b6-5-. The van der Waals surface area contributed by atoms with Crippen LogP contribution in [-0.2, 0) is 11.3 Å². The number of carbonyl (C=O) groups is 1. The number of nitrogens with zero attached hydrogens (tertiary/aromatic N) is 3. The lowest BCUT2D eigenvalue weighted by atomic mass is 10.2. The molecule has 0 aliphatic carbocycles. The van der Waals surface area contributed by atoms with E-state index in [0.29, 0.717) is 16.9 Å². The molecule has 0 aliphatic heterocycles. The van der Waals surface area contributed by atoms with Crippen molar-refractivity contribution in [3.63, 3.8) is 0 Å². The highest BCUT2D eigenvalue weighted by molar-refractivity contribution is 6.02. The van der Waals surface area contributed by atoms with E-state index in [0.717, 1.165) is 0 Å². The van der Waals surface area contributed by atoms with Crippen molar-refractivity contribution >= 4 is 18.3 Å². The van der Waals surface area contributed by atoms with Crippen LogP contribution in [0.15, 0.2) is 48.0 Å². The first-order valence-corrected chi connectivity index (χ1v) is 6.71.